The fourth-order valence-corrected chi connectivity index (χ4v) is 4.39. The Morgan fingerprint density at radius 2 is 2.14 bits per heavy atom. The molecule has 3 rings (SSSR count). The highest BCUT2D eigenvalue weighted by atomic mass is 32.2. The first kappa shape index (κ1) is 13.6. The number of rotatable bonds is 3. The maximum absolute atomic E-state index is 12.8. The van der Waals surface area contributed by atoms with E-state index in [0.29, 0.717) is 12.1 Å². The highest BCUT2D eigenvalue weighted by Crippen LogP contribution is 2.36. The van der Waals surface area contributed by atoms with E-state index in [4.69, 9.17) is 5.11 Å². The summed E-state index contributed by atoms with van der Waals surface area (Å²) in [7, 11) is -4.00. The fourth-order valence-electron chi connectivity index (χ4n) is 2.63. The number of H-pyrrole nitrogens is 1. The van der Waals surface area contributed by atoms with Crippen LogP contribution in [0.5, 0.6) is 0 Å². The summed E-state index contributed by atoms with van der Waals surface area (Å²) in [6.07, 6.45) is 1.59. The summed E-state index contributed by atoms with van der Waals surface area (Å²) in [5.41, 5.74) is 1.15. The third kappa shape index (κ3) is 1.99. The maximum atomic E-state index is 12.8. The zero-order valence-electron chi connectivity index (χ0n) is 11.1. The molecule has 2 heterocycles. The second kappa shape index (κ2) is 4.59. The second-order valence-corrected chi connectivity index (χ2v) is 6.65. The number of carboxylic acid groups (broad SMARTS) is 1. The molecule has 1 aliphatic heterocycles. The number of aromatic amines is 1. The van der Waals surface area contributed by atoms with Crippen LogP contribution < -0.4 is 4.31 Å². The van der Waals surface area contributed by atoms with Gasteiger partial charge in [0.2, 0.25) is 0 Å². The summed E-state index contributed by atoms with van der Waals surface area (Å²) in [5, 5.41) is 14.5. The van der Waals surface area contributed by atoms with Crippen LogP contribution in [0.15, 0.2) is 35.5 Å². The summed E-state index contributed by atoms with van der Waals surface area (Å²) < 4.78 is 26.8. The van der Waals surface area contributed by atoms with Crippen LogP contribution in [0.4, 0.5) is 5.69 Å². The van der Waals surface area contributed by atoms with E-state index in [9.17, 15) is 13.2 Å². The van der Waals surface area contributed by atoms with Crippen LogP contribution in [0.1, 0.15) is 22.8 Å². The Hall–Kier alpha value is -2.35. The number of sulfonamides is 1. The van der Waals surface area contributed by atoms with Crippen molar-refractivity contribution in [3.05, 3.63) is 41.6 Å². The van der Waals surface area contributed by atoms with E-state index in [1.54, 1.807) is 19.1 Å². The van der Waals surface area contributed by atoms with Gasteiger partial charge in [0.05, 0.1) is 11.9 Å². The van der Waals surface area contributed by atoms with Gasteiger partial charge in [-0.15, -0.1) is 0 Å². The van der Waals surface area contributed by atoms with Gasteiger partial charge < -0.3 is 5.11 Å². The first-order chi connectivity index (χ1) is 9.93. The van der Waals surface area contributed by atoms with Gasteiger partial charge in [0.15, 0.2) is 5.03 Å². The molecule has 0 aliphatic carbocycles. The summed E-state index contributed by atoms with van der Waals surface area (Å²) in [6, 6.07) is 6.90. The van der Waals surface area contributed by atoms with Gasteiger partial charge in [0.1, 0.15) is 5.56 Å². The van der Waals surface area contributed by atoms with E-state index < -0.39 is 21.0 Å². The van der Waals surface area contributed by atoms with Crippen molar-refractivity contribution in [1.82, 2.24) is 10.2 Å². The molecular weight excluding hydrogens is 294 g/mol. The molecule has 0 saturated carbocycles. The number of hydrogen-bond acceptors (Lipinski definition) is 4. The van der Waals surface area contributed by atoms with E-state index in [0.717, 1.165) is 11.8 Å². The van der Waals surface area contributed by atoms with Gasteiger partial charge in [0, 0.05) is 6.04 Å². The molecule has 2 N–H and O–H groups in total. The largest absolute Gasteiger partial charge is 0.478 e. The third-order valence-electron chi connectivity index (χ3n) is 3.50. The molecule has 1 unspecified atom stereocenters. The molecular formula is C13H13N3O4S. The first-order valence-electron chi connectivity index (χ1n) is 6.32. The number of aromatic carboxylic acids is 1. The van der Waals surface area contributed by atoms with Gasteiger partial charge in [-0.1, -0.05) is 18.2 Å². The Balaban J connectivity index is 2.15. The Morgan fingerprint density at radius 1 is 1.43 bits per heavy atom. The molecule has 110 valence electrons. The lowest BCUT2D eigenvalue weighted by atomic mass is 10.1. The molecule has 0 radical (unpaired) electrons. The van der Waals surface area contributed by atoms with Crippen molar-refractivity contribution in [3.63, 3.8) is 0 Å². The average Bonchev–Trinajstić information content (AvgIpc) is 3.01. The lowest BCUT2D eigenvalue weighted by Gasteiger charge is -2.23. The molecule has 0 amide bonds. The fraction of sp³-hybridized carbons (Fsp3) is 0.231. The Bertz CT molecular complexity index is 812. The minimum Gasteiger partial charge on any atom is -0.478 e. The van der Waals surface area contributed by atoms with Crippen LogP contribution in [0.25, 0.3) is 0 Å². The van der Waals surface area contributed by atoms with E-state index >= 15 is 0 Å². The number of benzene rings is 1. The van der Waals surface area contributed by atoms with Gasteiger partial charge in [0.25, 0.3) is 10.0 Å². The smallest absolute Gasteiger partial charge is 0.340 e. The van der Waals surface area contributed by atoms with E-state index in [1.165, 1.54) is 4.31 Å². The lowest BCUT2D eigenvalue weighted by molar-refractivity contribution is 0.0692. The lowest BCUT2D eigenvalue weighted by Crippen LogP contribution is -2.36. The number of hydrogen-bond donors (Lipinski definition) is 2. The van der Waals surface area contributed by atoms with Crippen LogP contribution in [0.3, 0.4) is 0 Å². The standard InChI is InChI=1S/C13H13N3O4S/c1-8-6-9-4-2-3-5-11(9)16(8)21(19,20)12-10(13(17)18)7-14-15-12/h2-5,7-8H,6H2,1H3,(H,14,15)(H,17,18). The molecule has 1 aromatic heterocycles. The number of nitrogens with zero attached hydrogens (tertiary/aromatic N) is 2. The molecule has 2 aromatic rings. The third-order valence-corrected chi connectivity index (χ3v) is 5.40. The molecule has 0 spiro atoms. The average molecular weight is 307 g/mol. The molecule has 21 heavy (non-hydrogen) atoms. The minimum absolute atomic E-state index is 0.280. The molecule has 0 fully saturated rings. The molecule has 0 saturated heterocycles. The van der Waals surface area contributed by atoms with Crippen LogP contribution in [0, 0.1) is 0 Å². The Kier molecular flexibility index (Phi) is 2.98. The Labute approximate surface area is 121 Å². The number of fused-ring (bicyclic) bond motifs is 1. The van der Waals surface area contributed by atoms with Gasteiger partial charge in [-0.2, -0.15) is 13.5 Å². The summed E-state index contributed by atoms with van der Waals surface area (Å²) in [6.45, 7) is 1.79. The van der Waals surface area contributed by atoms with Crippen molar-refractivity contribution in [2.45, 2.75) is 24.4 Å². The summed E-state index contributed by atoms with van der Waals surface area (Å²) in [5.74, 6) is -1.33. The van der Waals surface area contributed by atoms with Crippen molar-refractivity contribution in [1.29, 1.82) is 0 Å². The number of para-hydroxylation sites is 1. The van der Waals surface area contributed by atoms with E-state index in [-0.39, 0.29) is 11.6 Å². The zero-order valence-corrected chi connectivity index (χ0v) is 12.0. The van der Waals surface area contributed by atoms with Crippen LogP contribution in [-0.2, 0) is 16.4 Å². The molecule has 7 nitrogen and oxygen atoms in total. The normalized spacial score (nSPS) is 17.8. The minimum atomic E-state index is -4.00. The molecule has 1 aliphatic rings. The topological polar surface area (TPSA) is 103 Å². The number of nitrogens with one attached hydrogen (secondary N) is 1. The first-order valence-corrected chi connectivity index (χ1v) is 7.76. The van der Waals surface area contributed by atoms with E-state index in [2.05, 4.69) is 10.2 Å². The maximum Gasteiger partial charge on any atom is 0.340 e. The Morgan fingerprint density at radius 3 is 2.86 bits per heavy atom. The van der Waals surface area contributed by atoms with Gasteiger partial charge in [-0.25, -0.2) is 4.79 Å². The number of aromatic nitrogens is 2. The summed E-state index contributed by atoms with van der Waals surface area (Å²) >= 11 is 0. The van der Waals surface area contributed by atoms with Crippen molar-refractivity contribution >= 4 is 21.7 Å². The number of anilines is 1. The van der Waals surface area contributed by atoms with Gasteiger partial charge >= 0.3 is 5.97 Å². The van der Waals surface area contributed by atoms with Gasteiger partial charge in [-0.05, 0) is 25.0 Å². The molecule has 1 atom stereocenters. The second-order valence-electron chi connectivity index (χ2n) is 4.90. The predicted octanol–water partition coefficient (Wildman–Crippen LogP) is 1.25. The zero-order chi connectivity index (χ0) is 15.2. The van der Waals surface area contributed by atoms with Crippen molar-refractivity contribution in [2.24, 2.45) is 0 Å². The molecule has 8 heteroatoms. The SMILES string of the molecule is CC1Cc2ccccc2N1S(=O)(=O)c1[nH]ncc1C(=O)O. The van der Waals surface area contributed by atoms with Gasteiger partial charge in [-0.3, -0.25) is 9.40 Å². The number of carbonyl (C=O) groups is 1. The summed E-state index contributed by atoms with van der Waals surface area (Å²) in [4.78, 5) is 11.1. The quantitative estimate of drug-likeness (QED) is 0.888. The highest BCUT2D eigenvalue weighted by Gasteiger charge is 2.38. The van der Waals surface area contributed by atoms with Crippen LogP contribution in [0.2, 0.25) is 0 Å². The van der Waals surface area contributed by atoms with Crippen LogP contribution >= 0.6 is 0 Å². The monoisotopic (exact) mass is 307 g/mol. The van der Waals surface area contributed by atoms with Crippen molar-refractivity contribution in [2.75, 3.05) is 4.31 Å². The molecule has 1 aromatic carbocycles. The number of carboxylic acids is 1. The highest BCUT2D eigenvalue weighted by molar-refractivity contribution is 7.92. The van der Waals surface area contributed by atoms with Crippen LogP contribution in [-0.4, -0.2) is 35.7 Å². The van der Waals surface area contributed by atoms with Crippen molar-refractivity contribution < 1.29 is 18.3 Å². The molecule has 0 bridgehead atoms. The van der Waals surface area contributed by atoms with E-state index in [1.807, 2.05) is 12.1 Å². The predicted molar refractivity (Wildman–Crippen MR) is 74.8 cm³/mol. The van der Waals surface area contributed by atoms with Crippen molar-refractivity contribution in [3.8, 4) is 0 Å².